The summed E-state index contributed by atoms with van der Waals surface area (Å²) in [5, 5.41) is 12.5. The van der Waals surface area contributed by atoms with Crippen molar-refractivity contribution in [3.05, 3.63) is 55.9 Å². The van der Waals surface area contributed by atoms with Crippen LogP contribution in [0, 0.1) is 11.3 Å². The molecule has 0 saturated heterocycles. The molecule has 2 aromatic rings. The van der Waals surface area contributed by atoms with E-state index < -0.39 is 29.2 Å². The average molecular weight is 436 g/mol. The highest BCUT2D eigenvalue weighted by molar-refractivity contribution is 5.77. The van der Waals surface area contributed by atoms with Crippen molar-refractivity contribution in [1.82, 2.24) is 14.5 Å². The lowest BCUT2D eigenvalue weighted by atomic mass is 9.87. The number of hydrogen-bond donors (Lipinski definition) is 1. The monoisotopic (exact) mass is 436 g/mol. The van der Waals surface area contributed by atoms with Gasteiger partial charge in [-0.15, -0.1) is 0 Å². The van der Waals surface area contributed by atoms with Crippen LogP contribution in [0.3, 0.4) is 0 Å². The number of fused-ring (bicyclic) bond motifs is 2. The molecule has 0 radical (unpaired) electrons. The third-order valence-electron chi connectivity index (χ3n) is 6.67. The number of carbonyl (C=O) groups excluding carboxylic acids is 1. The fraction of sp³-hybridized carbons (Fsp3) is 0.478. The molecular formula is C23H24N4O5. The Morgan fingerprint density at radius 2 is 1.88 bits per heavy atom. The number of rotatable bonds is 4. The van der Waals surface area contributed by atoms with E-state index in [1.165, 1.54) is 4.57 Å². The molecule has 1 aromatic carbocycles. The van der Waals surface area contributed by atoms with E-state index >= 15 is 0 Å². The van der Waals surface area contributed by atoms with Crippen molar-refractivity contribution in [2.75, 3.05) is 13.2 Å². The third-order valence-corrected chi connectivity index (χ3v) is 6.67. The summed E-state index contributed by atoms with van der Waals surface area (Å²) >= 11 is 0. The highest BCUT2D eigenvalue weighted by atomic mass is 16.6. The van der Waals surface area contributed by atoms with Gasteiger partial charge in [0.1, 0.15) is 31.4 Å². The quantitative estimate of drug-likeness (QED) is 0.770. The summed E-state index contributed by atoms with van der Waals surface area (Å²) in [7, 11) is 0. The number of benzene rings is 1. The van der Waals surface area contributed by atoms with Crippen molar-refractivity contribution >= 4 is 5.91 Å². The minimum absolute atomic E-state index is 0.0442. The number of ether oxygens (including phenoxy) is 2. The molecule has 9 nitrogen and oxygen atoms in total. The molecule has 166 valence electrons. The lowest BCUT2D eigenvalue weighted by Gasteiger charge is -2.32. The van der Waals surface area contributed by atoms with Gasteiger partial charge in [0.25, 0.3) is 5.56 Å². The van der Waals surface area contributed by atoms with Gasteiger partial charge in [-0.25, -0.2) is 9.36 Å². The zero-order valence-electron chi connectivity index (χ0n) is 17.7. The Hall–Kier alpha value is -3.54. The number of nitrogens with one attached hydrogen (secondary N) is 1. The maximum atomic E-state index is 13.1. The SMILES string of the molecule is N#Cc1c2n(c(=O)n(CC(=O)NC3(c4ccc5c(c4)OCCO5)CCCC3)c1=O)CCC2. The van der Waals surface area contributed by atoms with E-state index in [0.717, 1.165) is 35.8 Å². The number of amides is 1. The molecule has 0 unspecified atom stereocenters. The molecule has 1 N–H and O–H groups in total. The van der Waals surface area contributed by atoms with Gasteiger partial charge in [0, 0.05) is 12.2 Å². The lowest BCUT2D eigenvalue weighted by molar-refractivity contribution is -0.123. The fourth-order valence-electron chi connectivity index (χ4n) is 5.14. The molecule has 3 heterocycles. The first kappa shape index (κ1) is 20.4. The Kier molecular flexibility index (Phi) is 5.00. The zero-order valence-corrected chi connectivity index (χ0v) is 17.7. The van der Waals surface area contributed by atoms with Crippen molar-refractivity contribution in [1.29, 1.82) is 5.26 Å². The minimum atomic E-state index is -0.694. The summed E-state index contributed by atoms with van der Waals surface area (Å²) in [4.78, 5) is 38.7. The molecule has 0 bridgehead atoms. The average Bonchev–Trinajstić information content (AvgIpc) is 3.47. The van der Waals surface area contributed by atoms with E-state index in [4.69, 9.17) is 9.47 Å². The summed E-state index contributed by atoms with van der Waals surface area (Å²) < 4.78 is 13.6. The van der Waals surface area contributed by atoms with Gasteiger partial charge in [0.2, 0.25) is 5.91 Å². The van der Waals surface area contributed by atoms with Crippen LogP contribution in [0.2, 0.25) is 0 Å². The van der Waals surface area contributed by atoms with Crippen molar-refractivity contribution in [2.45, 2.75) is 57.2 Å². The normalized spacial score (nSPS) is 18.1. The van der Waals surface area contributed by atoms with Gasteiger partial charge in [-0.2, -0.15) is 5.26 Å². The van der Waals surface area contributed by atoms with E-state index in [9.17, 15) is 19.6 Å². The van der Waals surface area contributed by atoms with Crippen LogP contribution >= 0.6 is 0 Å². The predicted octanol–water partition coefficient (Wildman–Crippen LogP) is 1.18. The predicted molar refractivity (Wildman–Crippen MR) is 114 cm³/mol. The number of nitriles is 1. The summed E-state index contributed by atoms with van der Waals surface area (Å²) in [5.41, 5.74) is -0.470. The van der Waals surface area contributed by atoms with E-state index in [1.807, 2.05) is 24.3 Å². The third kappa shape index (κ3) is 3.27. The van der Waals surface area contributed by atoms with Gasteiger partial charge >= 0.3 is 5.69 Å². The second kappa shape index (κ2) is 7.86. The van der Waals surface area contributed by atoms with Crippen molar-refractivity contribution in [3.63, 3.8) is 0 Å². The number of aromatic nitrogens is 2. The van der Waals surface area contributed by atoms with Crippen LogP contribution in [-0.2, 0) is 29.8 Å². The maximum Gasteiger partial charge on any atom is 0.331 e. The van der Waals surface area contributed by atoms with E-state index in [0.29, 0.717) is 49.8 Å². The molecule has 0 spiro atoms. The summed E-state index contributed by atoms with van der Waals surface area (Å²) in [5.74, 6) is 0.908. The molecule has 1 fully saturated rings. The smallest absolute Gasteiger partial charge is 0.331 e. The maximum absolute atomic E-state index is 13.1. The molecule has 1 aromatic heterocycles. The van der Waals surface area contributed by atoms with Crippen LogP contribution in [0.4, 0.5) is 0 Å². The molecule has 1 aliphatic carbocycles. The Balaban J connectivity index is 1.45. The lowest BCUT2D eigenvalue weighted by Crippen LogP contribution is -2.49. The zero-order chi connectivity index (χ0) is 22.3. The van der Waals surface area contributed by atoms with Crippen molar-refractivity contribution in [2.24, 2.45) is 0 Å². The Morgan fingerprint density at radius 1 is 1.12 bits per heavy atom. The Labute approximate surface area is 184 Å². The first-order valence-electron chi connectivity index (χ1n) is 11.0. The second-order valence-corrected chi connectivity index (χ2v) is 8.56. The number of carbonyl (C=O) groups is 1. The summed E-state index contributed by atoms with van der Waals surface area (Å²) in [6.07, 6.45) is 4.63. The van der Waals surface area contributed by atoms with Crippen LogP contribution in [-0.4, -0.2) is 28.3 Å². The van der Waals surface area contributed by atoms with E-state index in [2.05, 4.69) is 5.32 Å². The largest absolute Gasteiger partial charge is 0.486 e. The molecule has 3 aliphatic rings. The standard InChI is InChI=1S/C23H24N4O5/c24-13-16-17-4-3-9-26(17)22(30)27(21(16)29)14-20(28)25-23(7-1-2-8-23)15-5-6-18-19(12-15)32-11-10-31-18/h5-6,12H,1-4,7-11,14H2,(H,25,28). The number of nitrogens with zero attached hydrogens (tertiary/aromatic N) is 3. The minimum Gasteiger partial charge on any atom is -0.486 e. The number of hydrogen-bond acceptors (Lipinski definition) is 6. The molecule has 1 saturated carbocycles. The van der Waals surface area contributed by atoms with Gasteiger partial charge in [-0.05, 0) is 43.4 Å². The van der Waals surface area contributed by atoms with Crippen LogP contribution in [0.1, 0.15) is 48.9 Å². The van der Waals surface area contributed by atoms with E-state index in [-0.39, 0.29) is 5.56 Å². The van der Waals surface area contributed by atoms with Crippen LogP contribution < -0.4 is 26.0 Å². The second-order valence-electron chi connectivity index (χ2n) is 8.56. The molecule has 1 amide bonds. The first-order chi connectivity index (χ1) is 15.5. The molecule has 9 heteroatoms. The van der Waals surface area contributed by atoms with Gasteiger partial charge in [0.15, 0.2) is 11.5 Å². The topological polar surface area (TPSA) is 115 Å². The molecule has 0 atom stereocenters. The molecule has 32 heavy (non-hydrogen) atoms. The molecule has 2 aliphatic heterocycles. The van der Waals surface area contributed by atoms with Crippen molar-refractivity contribution in [3.8, 4) is 17.6 Å². The summed E-state index contributed by atoms with van der Waals surface area (Å²) in [6, 6.07) is 7.62. The first-order valence-corrected chi connectivity index (χ1v) is 11.0. The van der Waals surface area contributed by atoms with Gasteiger partial charge in [-0.3, -0.25) is 14.2 Å². The van der Waals surface area contributed by atoms with E-state index in [1.54, 1.807) is 0 Å². The van der Waals surface area contributed by atoms with Gasteiger partial charge in [-0.1, -0.05) is 18.9 Å². The summed E-state index contributed by atoms with van der Waals surface area (Å²) in [6.45, 7) is 1.01. The van der Waals surface area contributed by atoms with Crippen molar-refractivity contribution < 1.29 is 14.3 Å². The Bertz CT molecular complexity index is 1250. The van der Waals surface area contributed by atoms with Gasteiger partial charge < -0.3 is 14.8 Å². The Morgan fingerprint density at radius 3 is 2.62 bits per heavy atom. The highest BCUT2D eigenvalue weighted by Gasteiger charge is 2.38. The molecule has 5 rings (SSSR count). The van der Waals surface area contributed by atoms with Gasteiger partial charge in [0.05, 0.1) is 5.54 Å². The van der Waals surface area contributed by atoms with Crippen LogP contribution in [0.25, 0.3) is 0 Å². The molecular weight excluding hydrogens is 412 g/mol. The van der Waals surface area contributed by atoms with Crippen LogP contribution in [0.5, 0.6) is 11.5 Å². The fourth-order valence-corrected chi connectivity index (χ4v) is 5.14. The van der Waals surface area contributed by atoms with Crippen LogP contribution in [0.15, 0.2) is 27.8 Å². The highest BCUT2D eigenvalue weighted by Crippen LogP contribution is 2.42.